The monoisotopic (exact) mass is 351 g/mol. The fourth-order valence-electron chi connectivity index (χ4n) is 2.41. The number of aryl methyl sites for hydroxylation is 2. The van der Waals surface area contributed by atoms with Crippen LogP contribution < -0.4 is 5.32 Å². The summed E-state index contributed by atoms with van der Waals surface area (Å²) in [4.78, 5) is 20.1. The van der Waals surface area contributed by atoms with Gasteiger partial charge in [-0.3, -0.25) is 4.79 Å². The van der Waals surface area contributed by atoms with Crippen LogP contribution >= 0.6 is 11.8 Å². The van der Waals surface area contributed by atoms with Crippen LogP contribution in [0.15, 0.2) is 59.9 Å². The first-order valence-electron chi connectivity index (χ1n) is 8.18. The average molecular weight is 351 g/mol. The largest absolute Gasteiger partial charge is 0.333 e. The molecule has 0 bridgehead atoms. The first kappa shape index (κ1) is 17.3. The third-order valence-corrected chi connectivity index (χ3v) is 5.07. The highest BCUT2D eigenvalue weighted by Crippen LogP contribution is 2.25. The molecule has 4 nitrogen and oxygen atoms in total. The van der Waals surface area contributed by atoms with Gasteiger partial charge >= 0.3 is 0 Å². The predicted octanol–water partition coefficient (Wildman–Crippen LogP) is 4.81. The van der Waals surface area contributed by atoms with Crippen molar-refractivity contribution in [2.24, 2.45) is 0 Å². The Morgan fingerprint density at radius 3 is 2.60 bits per heavy atom. The van der Waals surface area contributed by atoms with Gasteiger partial charge in [-0.05, 0) is 49.6 Å². The molecule has 5 heteroatoms. The molecule has 3 aromatic rings. The Morgan fingerprint density at radius 1 is 1.12 bits per heavy atom. The number of imidazole rings is 1. The molecule has 1 heterocycles. The third-order valence-electron chi connectivity index (χ3n) is 4.07. The van der Waals surface area contributed by atoms with Gasteiger partial charge in [0.1, 0.15) is 0 Å². The van der Waals surface area contributed by atoms with Crippen LogP contribution in [-0.2, 0) is 4.79 Å². The molecular formula is C20H21N3OS. The topological polar surface area (TPSA) is 57.8 Å². The van der Waals surface area contributed by atoms with Gasteiger partial charge in [0, 0.05) is 5.69 Å². The molecule has 0 aliphatic rings. The Kier molecular flexibility index (Phi) is 5.24. The second-order valence-corrected chi connectivity index (χ2v) is 7.35. The van der Waals surface area contributed by atoms with Gasteiger partial charge in [0.25, 0.3) is 0 Å². The summed E-state index contributed by atoms with van der Waals surface area (Å²) < 4.78 is 0. The maximum absolute atomic E-state index is 12.4. The number of nitrogens with one attached hydrogen (secondary N) is 2. The van der Waals surface area contributed by atoms with E-state index < -0.39 is 0 Å². The van der Waals surface area contributed by atoms with Gasteiger partial charge in [-0.25, -0.2) is 4.98 Å². The van der Waals surface area contributed by atoms with E-state index in [0.717, 1.165) is 27.7 Å². The quantitative estimate of drug-likeness (QED) is 0.648. The lowest BCUT2D eigenvalue weighted by atomic mass is 10.1. The fraction of sp³-hybridized carbons (Fsp3) is 0.200. The molecule has 0 fully saturated rings. The minimum atomic E-state index is -0.253. The summed E-state index contributed by atoms with van der Waals surface area (Å²) in [6.45, 7) is 5.98. The fourth-order valence-corrected chi connectivity index (χ4v) is 3.19. The second-order valence-electron chi connectivity index (χ2n) is 6.02. The Bertz CT molecular complexity index is 874. The van der Waals surface area contributed by atoms with Crippen molar-refractivity contribution >= 4 is 23.4 Å². The molecule has 3 rings (SSSR count). The van der Waals surface area contributed by atoms with E-state index in [0.29, 0.717) is 0 Å². The number of aromatic amines is 1. The lowest BCUT2D eigenvalue weighted by Crippen LogP contribution is -2.22. The summed E-state index contributed by atoms with van der Waals surface area (Å²) in [5.74, 6) is -0.0362. The van der Waals surface area contributed by atoms with Crippen molar-refractivity contribution in [1.82, 2.24) is 9.97 Å². The van der Waals surface area contributed by atoms with Crippen LogP contribution in [-0.4, -0.2) is 21.1 Å². The lowest BCUT2D eigenvalue weighted by Gasteiger charge is -2.11. The van der Waals surface area contributed by atoms with Gasteiger partial charge in [0.15, 0.2) is 5.16 Å². The van der Waals surface area contributed by atoms with E-state index in [2.05, 4.69) is 22.2 Å². The van der Waals surface area contributed by atoms with Gasteiger partial charge in [-0.15, -0.1) is 0 Å². The van der Waals surface area contributed by atoms with E-state index in [4.69, 9.17) is 0 Å². The van der Waals surface area contributed by atoms with Crippen molar-refractivity contribution in [3.63, 3.8) is 0 Å². The Labute approximate surface area is 152 Å². The first-order chi connectivity index (χ1) is 12.0. The number of H-pyrrole nitrogens is 1. The van der Waals surface area contributed by atoms with Gasteiger partial charge in [-0.2, -0.15) is 0 Å². The van der Waals surface area contributed by atoms with Crippen molar-refractivity contribution in [1.29, 1.82) is 0 Å². The zero-order valence-corrected chi connectivity index (χ0v) is 15.4. The number of nitrogens with zero attached hydrogens (tertiary/aromatic N) is 1. The second kappa shape index (κ2) is 7.57. The summed E-state index contributed by atoms with van der Waals surface area (Å²) in [5, 5.41) is 3.45. The molecule has 128 valence electrons. The van der Waals surface area contributed by atoms with Gasteiger partial charge < -0.3 is 10.3 Å². The summed E-state index contributed by atoms with van der Waals surface area (Å²) in [6, 6.07) is 15.9. The van der Waals surface area contributed by atoms with Crippen molar-refractivity contribution in [3.05, 3.63) is 65.9 Å². The van der Waals surface area contributed by atoms with Crippen molar-refractivity contribution in [2.45, 2.75) is 31.2 Å². The number of hydrogen-bond donors (Lipinski definition) is 2. The van der Waals surface area contributed by atoms with Crippen LogP contribution in [0.4, 0.5) is 5.69 Å². The van der Waals surface area contributed by atoms with Gasteiger partial charge in [-0.1, -0.05) is 48.2 Å². The van der Waals surface area contributed by atoms with Gasteiger partial charge in [0.05, 0.1) is 17.1 Å². The summed E-state index contributed by atoms with van der Waals surface area (Å²) in [5.41, 5.74) is 5.23. The summed E-state index contributed by atoms with van der Waals surface area (Å²) >= 11 is 1.42. The van der Waals surface area contributed by atoms with Crippen LogP contribution in [0.1, 0.15) is 18.1 Å². The standard InChI is InChI=1S/C20H21N3OS/c1-13-9-10-17(11-14(13)2)22-19(24)15(3)25-20-21-12-18(23-20)16-7-5-4-6-8-16/h4-12,15H,1-3H3,(H,21,23)(H,22,24). The minimum Gasteiger partial charge on any atom is -0.333 e. The molecule has 1 amide bonds. The van der Waals surface area contributed by atoms with Crippen LogP contribution in [0.2, 0.25) is 0 Å². The predicted molar refractivity (Wildman–Crippen MR) is 104 cm³/mol. The number of hydrogen-bond acceptors (Lipinski definition) is 3. The molecular weight excluding hydrogens is 330 g/mol. The number of carbonyl (C=O) groups is 1. The van der Waals surface area contributed by atoms with E-state index >= 15 is 0 Å². The van der Waals surface area contributed by atoms with E-state index in [1.807, 2.05) is 62.4 Å². The zero-order chi connectivity index (χ0) is 17.8. The number of thioether (sulfide) groups is 1. The number of carbonyl (C=O) groups excluding carboxylic acids is 1. The van der Waals surface area contributed by atoms with Crippen LogP contribution in [0, 0.1) is 13.8 Å². The minimum absolute atomic E-state index is 0.0362. The molecule has 0 saturated heterocycles. The van der Waals surface area contributed by atoms with Crippen molar-refractivity contribution in [2.75, 3.05) is 5.32 Å². The molecule has 2 aromatic carbocycles. The maximum atomic E-state index is 12.4. The van der Waals surface area contributed by atoms with Crippen molar-refractivity contribution < 1.29 is 4.79 Å². The summed E-state index contributed by atoms with van der Waals surface area (Å²) in [7, 11) is 0. The highest BCUT2D eigenvalue weighted by Gasteiger charge is 2.17. The molecule has 0 aliphatic heterocycles. The van der Waals surface area contributed by atoms with E-state index in [9.17, 15) is 4.79 Å². The van der Waals surface area contributed by atoms with Gasteiger partial charge in [0.2, 0.25) is 5.91 Å². The van der Waals surface area contributed by atoms with Crippen LogP contribution in [0.3, 0.4) is 0 Å². The highest BCUT2D eigenvalue weighted by molar-refractivity contribution is 8.00. The van der Waals surface area contributed by atoms with Crippen LogP contribution in [0.25, 0.3) is 11.3 Å². The van der Waals surface area contributed by atoms with E-state index in [1.54, 1.807) is 6.20 Å². The molecule has 2 N–H and O–H groups in total. The molecule has 0 spiro atoms. The number of amides is 1. The Morgan fingerprint density at radius 2 is 1.88 bits per heavy atom. The Hall–Kier alpha value is -2.53. The number of rotatable bonds is 5. The molecule has 0 aliphatic carbocycles. The van der Waals surface area contributed by atoms with Crippen molar-refractivity contribution in [3.8, 4) is 11.3 Å². The average Bonchev–Trinajstić information content (AvgIpc) is 3.07. The van der Waals surface area contributed by atoms with Crippen LogP contribution in [0.5, 0.6) is 0 Å². The number of anilines is 1. The third kappa shape index (κ3) is 4.31. The summed E-state index contributed by atoms with van der Waals surface area (Å²) in [6.07, 6.45) is 1.80. The molecule has 0 radical (unpaired) electrons. The molecule has 1 unspecified atom stereocenters. The number of aromatic nitrogens is 2. The molecule has 1 aromatic heterocycles. The van der Waals surface area contributed by atoms with E-state index in [1.165, 1.54) is 17.3 Å². The molecule has 1 atom stereocenters. The zero-order valence-electron chi connectivity index (χ0n) is 14.5. The SMILES string of the molecule is Cc1ccc(NC(=O)C(C)Sc2ncc(-c3ccccc3)[nH]2)cc1C. The maximum Gasteiger partial charge on any atom is 0.237 e. The molecule has 0 saturated carbocycles. The lowest BCUT2D eigenvalue weighted by molar-refractivity contribution is -0.115. The van der Waals surface area contributed by atoms with E-state index in [-0.39, 0.29) is 11.2 Å². The number of benzene rings is 2. The highest BCUT2D eigenvalue weighted by atomic mass is 32.2. The molecule has 25 heavy (non-hydrogen) atoms. The Balaban J connectivity index is 1.63. The smallest absolute Gasteiger partial charge is 0.237 e. The first-order valence-corrected chi connectivity index (χ1v) is 9.06. The normalized spacial score (nSPS) is 12.0.